The van der Waals surface area contributed by atoms with E-state index in [4.69, 9.17) is 0 Å². The molecular weight excluding hydrogens is 274 g/mol. The summed E-state index contributed by atoms with van der Waals surface area (Å²) in [5, 5.41) is 0. The summed E-state index contributed by atoms with van der Waals surface area (Å²) in [4.78, 5) is 0. The van der Waals surface area contributed by atoms with Crippen LogP contribution in [0.3, 0.4) is 0 Å². The van der Waals surface area contributed by atoms with E-state index in [9.17, 15) is 5.85 Å². The van der Waals surface area contributed by atoms with Crippen molar-refractivity contribution in [3.05, 3.63) is 0 Å². The fourth-order valence-corrected chi connectivity index (χ4v) is 0. The molecule has 0 fully saturated rings. The van der Waals surface area contributed by atoms with Gasteiger partial charge in [-0.3, -0.25) is 0 Å². The second-order valence-corrected chi connectivity index (χ2v) is 1.64. The Morgan fingerprint density at radius 3 is 0.833 bits per heavy atom. The molecule has 0 aliphatic heterocycles. The summed E-state index contributed by atoms with van der Waals surface area (Å²) in [5.41, 5.74) is 0. The number of rotatable bonds is 0. The third-order valence-electron chi connectivity index (χ3n) is 0. The minimum absolute atomic E-state index is 0. The Balaban J connectivity index is 0. The van der Waals surface area contributed by atoms with Crippen LogP contribution in [0.2, 0.25) is 0 Å². The van der Waals surface area contributed by atoms with E-state index in [1.807, 2.05) is 0 Å². The Labute approximate surface area is 66.4 Å². The molecule has 6 heavy (non-hydrogen) atoms. The van der Waals surface area contributed by atoms with Gasteiger partial charge in [0.15, 0.2) is 0 Å². The van der Waals surface area contributed by atoms with Gasteiger partial charge in [-0.2, -0.15) is 0 Å². The Morgan fingerprint density at radius 2 is 0.833 bits per heavy atom. The van der Waals surface area contributed by atoms with Gasteiger partial charge >= 0.3 is 67.7 Å². The van der Waals surface area contributed by atoms with E-state index in [0.717, 1.165) is 0 Å². The molecule has 0 nitrogen and oxygen atoms in total. The molecule has 0 amide bonds. The maximum absolute atomic E-state index is 9.83. The SMILES string of the molecule is [F][Lu]([F])([F])[F].[NaH]. The van der Waals surface area contributed by atoms with Crippen molar-refractivity contribution < 1.29 is 38.1 Å². The van der Waals surface area contributed by atoms with Gasteiger partial charge < -0.3 is 0 Å². The average Bonchev–Trinajstić information content (AvgIpc) is 0.722. The molecule has 0 aromatic heterocycles. The fourth-order valence-electron chi connectivity index (χ4n) is 0. The zero-order valence-electron chi connectivity index (χ0n) is 1.77. The molecule has 0 saturated carbocycles. The van der Waals surface area contributed by atoms with Crippen LogP contribution in [0.1, 0.15) is 0 Å². The van der Waals surface area contributed by atoms with Crippen molar-refractivity contribution in [3.8, 4) is 0 Å². The summed E-state index contributed by atoms with van der Waals surface area (Å²) >= 11 is -6.67. The van der Waals surface area contributed by atoms with Gasteiger partial charge in [0.05, 0.1) is 0 Å². The van der Waals surface area contributed by atoms with E-state index < -0.39 is 32.3 Å². The predicted octanol–water partition coefficient (Wildman–Crippen LogP) is 1.03. The van der Waals surface area contributed by atoms with E-state index in [1.54, 1.807) is 0 Å². The molecule has 0 aliphatic carbocycles. The van der Waals surface area contributed by atoms with Crippen LogP contribution in [0.5, 0.6) is 0 Å². The topological polar surface area (TPSA) is 0 Å². The molecule has 0 saturated heterocycles. The molecule has 6 heteroatoms. The molecule has 0 aromatic carbocycles. The van der Waals surface area contributed by atoms with Gasteiger partial charge in [0.25, 0.3) is 0 Å². The molecule has 0 radical (unpaired) electrons. The third kappa shape index (κ3) is 38.3. The van der Waals surface area contributed by atoms with E-state index in [2.05, 4.69) is 0 Å². The van der Waals surface area contributed by atoms with E-state index in [-0.39, 0.29) is 29.6 Å². The van der Waals surface area contributed by atoms with Crippen LogP contribution < -0.4 is 0 Å². The van der Waals surface area contributed by atoms with Crippen molar-refractivity contribution in [2.24, 2.45) is 0 Å². The van der Waals surface area contributed by atoms with Gasteiger partial charge in [-0.15, -0.1) is 0 Å². The normalized spacial score (nSPS) is 12.7. The van der Waals surface area contributed by atoms with Crippen molar-refractivity contribution in [1.82, 2.24) is 0 Å². The van der Waals surface area contributed by atoms with Gasteiger partial charge in [-0.25, -0.2) is 0 Å². The van der Waals surface area contributed by atoms with Gasteiger partial charge in [-0.1, -0.05) is 0 Å². The second kappa shape index (κ2) is 3.90. The summed E-state index contributed by atoms with van der Waals surface area (Å²) < 4.78 is 39.3. The van der Waals surface area contributed by atoms with Crippen molar-refractivity contribution in [3.63, 3.8) is 0 Å². The molecule has 0 heterocycles. The van der Waals surface area contributed by atoms with Crippen LogP contribution in [0.4, 0.5) is 5.85 Å². The number of halogens is 4. The first-order chi connectivity index (χ1) is 2.00. The van der Waals surface area contributed by atoms with Crippen molar-refractivity contribution >= 4 is 29.6 Å². The Kier molecular flexibility index (Phi) is 7.05. The van der Waals surface area contributed by atoms with Crippen LogP contribution in [-0.2, 0) is 0 Å². The van der Waals surface area contributed by atoms with E-state index in [0.29, 0.717) is 0 Å². The van der Waals surface area contributed by atoms with Crippen molar-refractivity contribution in [2.45, 2.75) is 0 Å². The van der Waals surface area contributed by atoms with E-state index >= 15 is 0 Å². The zero-order chi connectivity index (χ0) is 4.50. The Hall–Kier alpha value is 1.95. The third-order valence-corrected chi connectivity index (χ3v) is 0. The summed E-state index contributed by atoms with van der Waals surface area (Å²) in [6.07, 6.45) is 0. The molecule has 0 unspecified atom stereocenters. The summed E-state index contributed by atoms with van der Waals surface area (Å²) in [6, 6.07) is 0. The van der Waals surface area contributed by atoms with Gasteiger partial charge in [0.2, 0.25) is 0 Å². The van der Waals surface area contributed by atoms with Crippen LogP contribution in [0.25, 0.3) is 0 Å². The first kappa shape index (κ1) is 10.8. The molecule has 0 N–H and O–H groups in total. The Morgan fingerprint density at radius 1 is 0.833 bits per heavy atom. The quantitative estimate of drug-likeness (QED) is 0.457. The molecule has 0 spiro atoms. The van der Waals surface area contributed by atoms with Crippen molar-refractivity contribution in [2.75, 3.05) is 0 Å². The first-order valence-corrected chi connectivity index (χ1v) is 2.89. The van der Waals surface area contributed by atoms with Crippen LogP contribution in [0.15, 0.2) is 0 Å². The monoisotopic (exact) mass is 275 g/mol. The summed E-state index contributed by atoms with van der Waals surface area (Å²) in [5.74, 6) is 0. The van der Waals surface area contributed by atoms with E-state index in [1.165, 1.54) is 0 Å². The number of hydrogen-bond donors (Lipinski definition) is 0. The maximum atomic E-state index is 9.83. The molecule has 0 bridgehead atoms. The summed E-state index contributed by atoms with van der Waals surface area (Å²) in [6.45, 7) is 0. The Bertz CT molecular complexity index is 23.0. The van der Waals surface area contributed by atoms with Gasteiger partial charge in [-0.05, 0) is 0 Å². The second-order valence-electron chi connectivity index (χ2n) is 0.221. The van der Waals surface area contributed by atoms with Crippen molar-refractivity contribution in [1.29, 1.82) is 0 Å². The van der Waals surface area contributed by atoms with Crippen LogP contribution >= 0.6 is 0 Å². The van der Waals surface area contributed by atoms with Gasteiger partial charge in [0.1, 0.15) is 0 Å². The predicted molar refractivity (Wildman–Crippen MR) is 11.6 cm³/mol. The minimum atomic E-state index is -6.67. The molecule has 45 valence electrons. The first-order valence-electron chi connectivity index (χ1n) is 0.390. The van der Waals surface area contributed by atoms with Crippen LogP contribution in [0, 0.1) is 32.3 Å². The molecule has 0 atom stereocenters. The van der Waals surface area contributed by atoms with Crippen LogP contribution in [-0.4, -0.2) is 29.6 Å². The number of hydrogen-bond acceptors (Lipinski definition) is 0. The molecule has 0 aliphatic rings. The molecular formula is HF4LuNa. The average molecular weight is 275 g/mol. The standard InChI is InChI=1S/4FH.Lu.Na.H/h4*1H;;;/q;;;;+4;;/p-4. The summed E-state index contributed by atoms with van der Waals surface area (Å²) in [7, 11) is 0. The fraction of sp³-hybridized carbons (Fsp3) is 0. The zero-order valence-corrected chi connectivity index (χ0v) is 3.43. The molecule has 0 rings (SSSR count). The molecule has 0 aromatic rings. The van der Waals surface area contributed by atoms with Gasteiger partial charge in [0, 0.05) is 0 Å².